The van der Waals surface area contributed by atoms with Gasteiger partial charge in [0, 0.05) is 6.04 Å². The molecule has 0 aromatic carbocycles. The highest BCUT2D eigenvalue weighted by atomic mass is 32.2. The van der Waals surface area contributed by atoms with Crippen LogP contribution in [0.1, 0.15) is 44.9 Å². The maximum absolute atomic E-state index is 10.9. The maximum Gasteiger partial charge on any atom is 0.315 e. The Labute approximate surface area is 120 Å². The van der Waals surface area contributed by atoms with Crippen LogP contribution in [0.5, 0.6) is 0 Å². The van der Waals surface area contributed by atoms with Gasteiger partial charge in [0.2, 0.25) is 0 Å². The van der Waals surface area contributed by atoms with Crippen molar-refractivity contribution in [2.75, 3.05) is 18.6 Å². The molecule has 0 aliphatic heterocycles. The lowest BCUT2D eigenvalue weighted by Crippen LogP contribution is -2.37. The van der Waals surface area contributed by atoms with Gasteiger partial charge in [0.25, 0.3) is 0 Å². The molecule has 1 fully saturated rings. The Morgan fingerprint density at radius 3 is 2.74 bits per heavy atom. The van der Waals surface area contributed by atoms with Crippen molar-refractivity contribution in [3.05, 3.63) is 0 Å². The summed E-state index contributed by atoms with van der Waals surface area (Å²) in [5.41, 5.74) is 6.07. The molecule has 112 valence electrons. The molecule has 2 atom stereocenters. The van der Waals surface area contributed by atoms with Crippen molar-refractivity contribution in [2.24, 2.45) is 11.7 Å². The first kappa shape index (κ1) is 16.8. The second kappa shape index (κ2) is 9.61. The molecule has 0 aromatic heterocycles. The number of rotatable bonds is 8. The molecule has 0 amide bonds. The molecule has 19 heavy (non-hydrogen) atoms. The monoisotopic (exact) mass is 289 g/mol. The molecular weight excluding hydrogens is 262 g/mol. The van der Waals surface area contributed by atoms with Crippen molar-refractivity contribution in [3.8, 4) is 0 Å². The fourth-order valence-electron chi connectivity index (χ4n) is 2.60. The van der Waals surface area contributed by atoms with Crippen LogP contribution in [0.3, 0.4) is 0 Å². The second-order valence-electron chi connectivity index (χ2n) is 5.39. The lowest BCUT2D eigenvalue weighted by molar-refractivity contribution is -0.137. The van der Waals surface area contributed by atoms with E-state index in [1.54, 1.807) is 0 Å². The molecule has 0 spiro atoms. The number of methoxy groups -OCH3 is 1. The normalized spacial score (nSPS) is 19.9. The Morgan fingerprint density at radius 2 is 2.11 bits per heavy atom. The van der Waals surface area contributed by atoms with Crippen molar-refractivity contribution in [2.45, 2.75) is 57.1 Å². The summed E-state index contributed by atoms with van der Waals surface area (Å²) in [4.78, 5) is 10.9. The van der Waals surface area contributed by atoms with Crippen LogP contribution in [-0.4, -0.2) is 41.8 Å². The third-order valence-corrected chi connectivity index (χ3v) is 4.79. The molecule has 1 aliphatic rings. The Bertz CT molecular complexity index is 257. The number of aliphatic hydroxyl groups is 1. The summed E-state index contributed by atoms with van der Waals surface area (Å²) in [6.07, 6.45) is 7.61. The zero-order valence-electron chi connectivity index (χ0n) is 11.8. The van der Waals surface area contributed by atoms with Crippen molar-refractivity contribution < 1.29 is 14.6 Å². The minimum atomic E-state index is -0.452. The number of hydrogen-bond donors (Lipinski definition) is 2. The third-order valence-electron chi connectivity index (χ3n) is 3.83. The molecule has 0 radical (unpaired) electrons. The summed E-state index contributed by atoms with van der Waals surface area (Å²) in [5, 5.41) is 10.0. The third kappa shape index (κ3) is 7.18. The van der Waals surface area contributed by atoms with E-state index in [4.69, 9.17) is 5.73 Å². The smallest absolute Gasteiger partial charge is 0.315 e. The Hall–Kier alpha value is -0.260. The Kier molecular flexibility index (Phi) is 8.50. The van der Waals surface area contributed by atoms with Gasteiger partial charge in [0.15, 0.2) is 0 Å². The molecule has 0 aromatic rings. The number of thioether (sulfide) groups is 1. The van der Waals surface area contributed by atoms with Crippen LogP contribution in [0, 0.1) is 5.92 Å². The highest BCUT2D eigenvalue weighted by Crippen LogP contribution is 2.27. The molecular formula is C14H27NO3S. The van der Waals surface area contributed by atoms with Crippen LogP contribution < -0.4 is 5.73 Å². The standard InChI is InChI=1S/C14H27NO3S/c1-18-14(17)10-19-8-7-13(16)12(15)9-11-5-3-2-4-6-11/h11-13,16H,2-10,15H2,1H3/t12-,13-/m0/s1. The number of nitrogens with two attached hydrogens (primary N) is 1. The van der Waals surface area contributed by atoms with Crippen molar-refractivity contribution in [3.63, 3.8) is 0 Å². The zero-order valence-corrected chi connectivity index (χ0v) is 12.7. The van der Waals surface area contributed by atoms with Gasteiger partial charge in [0.05, 0.1) is 19.0 Å². The van der Waals surface area contributed by atoms with Crippen molar-refractivity contribution in [1.29, 1.82) is 0 Å². The van der Waals surface area contributed by atoms with Gasteiger partial charge in [-0.05, 0) is 24.5 Å². The molecule has 0 bridgehead atoms. The summed E-state index contributed by atoms with van der Waals surface area (Å²) in [5.74, 6) is 1.57. The number of carbonyl (C=O) groups is 1. The number of carbonyl (C=O) groups excluding carboxylic acids is 1. The highest BCUT2D eigenvalue weighted by Gasteiger charge is 2.21. The number of esters is 1. The first-order valence-corrected chi connectivity index (χ1v) is 8.37. The predicted molar refractivity (Wildman–Crippen MR) is 79.1 cm³/mol. The Morgan fingerprint density at radius 1 is 1.42 bits per heavy atom. The average Bonchev–Trinajstić information content (AvgIpc) is 2.44. The molecule has 4 nitrogen and oxygen atoms in total. The molecule has 5 heteroatoms. The molecule has 3 N–H and O–H groups in total. The lowest BCUT2D eigenvalue weighted by atomic mass is 9.84. The summed E-state index contributed by atoms with van der Waals surface area (Å²) in [6.45, 7) is 0. The molecule has 0 heterocycles. The van der Waals surface area contributed by atoms with Crippen LogP contribution in [0.25, 0.3) is 0 Å². The summed E-state index contributed by atoms with van der Waals surface area (Å²) >= 11 is 1.49. The minimum absolute atomic E-state index is 0.123. The maximum atomic E-state index is 10.9. The van der Waals surface area contributed by atoms with E-state index in [0.29, 0.717) is 18.1 Å². The van der Waals surface area contributed by atoms with Crippen LogP contribution in [0.15, 0.2) is 0 Å². The van der Waals surface area contributed by atoms with Crippen LogP contribution in [0.2, 0.25) is 0 Å². The van der Waals surface area contributed by atoms with Gasteiger partial charge in [-0.3, -0.25) is 4.79 Å². The number of ether oxygens (including phenoxy) is 1. The van der Waals surface area contributed by atoms with E-state index in [-0.39, 0.29) is 12.0 Å². The van der Waals surface area contributed by atoms with E-state index >= 15 is 0 Å². The molecule has 1 aliphatic carbocycles. The van der Waals surface area contributed by atoms with Crippen LogP contribution >= 0.6 is 11.8 Å². The van der Waals surface area contributed by atoms with Crippen LogP contribution in [-0.2, 0) is 9.53 Å². The number of hydrogen-bond acceptors (Lipinski definition) is 5. The van der Waals surface area contributed by atoms with Gasteiger partial charge in [-0.2, -0.15) is 11.8 Å². The largest absolute Gasteiger partial charge is 0.468 e. The number of aliphatic hydroxyl groups excluding tert-OH is 1. The van der Waals surface area contributed by atoms with E-state index in [2.05, 4.69) is 4.74 Å². The van der Waals surface area contributed by atoms with E-state index in [1.165, 1.54) is 51.0 Å². The quantitative estimate of drug-likeness (QED) is 0.528. The highest BCUT2D eigenvalue weighted by molar-refractivity contribution is 7.99. The Balaban J connectivity index is 2.10. The fourth-order valence-corrected chi connectivity index (χ4v) is 3.43. The molecule has 1 saturated carbocycles. The summed E-state index contributed by atoms with van der Waals surface area (Å²) in [6, 6.07) is -0.123. The SMILES string of the molecule is COC(=O)CSCC[C@H](O)[C@@H](N)CC1CCCCC1. The van der Waals surface area contributed by atoms with Crippen LogP contribution in [0.4, 0.5) is 0 Å². The lowest BCUT2D eigenvalue weighted by Gasteiger charge is -2.27. The van der Waals surface area contributed by atoms with Gasteiger partial charge in [-0.25, -0.2) is 0 Å². The van der Waals surface area contributed by atoms with Gasteiger partial charge in [-0.1, -0.05) is 32.1 Å². The average molecular weight is 289 g/mol. The van der Waals surface area contributed by atoms with E-state index in [1.807, 2.05) is 0 Å². The summed E-state index contributed by atoms with van der Waals surface area (Å²) in [7, 11) is 1.39. The predicted octanol–water partition coefficient (Wildman–Crippen LogP) is 1.94. The molecule has 0 unspecified atom stereocenters. The van der Waals surface area contributed by atoms with Crippen molar-refractivity contribution >= 4 is 17.7 Å². The van der Waals surface area contributed by atoms with Gasteiger partial charge < -0.3 is 15.6 Å². The van der Waals surface area contributed by atoms with Crippen molar-refractivity contribution in [1.82, 2.24) is 0 Å². The second-order valence-corrected chi connectivity index (χ2v) is 6.49. The van der Waals surface area contributed by atoms with E-state index in [9.17, 15) is 9.90 Å². The summed E-state index contributed by atoms with van der Waals surface area (Å²) < 4.78 is 4.56. The van der Waals surface area contributed by atoms with Gasteiger partial charge >= 0.3 is 5.97 Å². The van der Waals surface area contributed by atoms with Gasteiger partial charge in [-0.15, -0.1) is 0 Å². The van der Waals surface area contributed by atoms with Gasteiger partial charge in [0.1, 0.15) is 0 Å². The fraction of sp³-hybridized carbons (Fsp3) is 0.929. The first-order valence-electron chi connectivity index (χ1n) is 7.21. The topological polar surface area (TPSA) is 72.5 Å². The zero-order chi connectivity index (χ0) is 14.1. The van der Waals surface area contributed by atoms with E-state index < -0.39 is 6.10 Å². The molecule has 0 saturated heterocycles. The van der Waals surface area contributed by atoms with E-state index in [0.717, 1.165) is 12.2 Å². The molecule has 1 rings (SSSR count). The first-order chi connectivity index (χ1) is 9.13. The minimum Gasteiger partial charge on any atom is -0.468 e.